The molecule has 0 saturated heterocycles. The monoisotopic (exact) mass is 483 g/mol. The second-order valence-electron chi connectivity index (χ2n) is 6.84. The summed E-state index contributed by atoms with van der Waals surface area (Å²) >= 11 is 9.84. The molecule has 0 spiro atoms. The number of halogens is 2. The van der Waals surface area contributed by atoms with E-state index in [1.54, 1.807) is 23.4 Å². The molecule has 10 heteroatoms. The van der Waals surface area contributed by atoms with Crippen molar-refractivity contribution in [2.24, 2.45) is 0 Å². The Morgan fingerprint density at radius 1 is 1.30 bits per heavy atom. The van der Waals surface area contributed by atoms with Crippen LogP contribution in [0, 0.1) is 0 Å². The van der Waals surface area contributed by atoms with Crippen LogP contribution in [0.1, 0.15) is 17.1 Å². The molecule has 1 aromatic carbocycles. The molecule has 3 aromatic heterocycles. The zero-order chi connectivity index (χ0) is 20.7. The smallest absolute Gasteiger partial charge is 0.228 e. The van der Waals surface area contributed by atoms with Crippen LogP contribution in [0.4, 0.5) is 0 Å². The molecule has 0 unspecified atom stereocenters. The number of benzene rings is 1. The van der Waals surface area contributed by atoms with E-state index in [0.29, 0.717) is 29.9 Å². The number of hydrogen-bond acceptors (Lipinski definition) is 5. The molecule has 150 valence electrons. The van der Waals surface area contributed by atoms with Crippen LogP contribution in [0.5, 0.6) is 0 Å². The summed E-state index contributed by atoms with van der Waals surface area (Å²) in [6.45, 7) is 0.815. The van der Waals surface area contributed by atoms with E-state index >= 15 is 0 Å². The first kappa shape index (κ1) is 19.0. The van der Waals surface area contributed by atoms with Crippen LogP contribution in [-0.2, 0) is 24.3 Å². The van der Waals surface area contributed by atoms with Gasteiger partial charge in [0.15, 0.2) is 16.8 Å². The van der Waals surface area contributed by atoms with Crippen molar-refractivity contribution >= 4 is 33.4 Å². The number of carbonyl (C=O) groups is 1. The molecule has 30 heavy (non-hydrogen) atoms. The largest absolute Gasteiger partial charge is 0.352 e. The van der Waals surface area contributed by atoms with Crippen LogP contribution >= 0.6 is 27.5 Å². The number of amides is 1. The predicted molar refractivity (Wildman–Crippen MR) is 114 cm³/mol. The number of carbonyl (C=O) groups excluding carboxylic acids is 1. The SMILES string of the molecule is O=C(Cc1nc2n(n1)Cc1c(Cl)ncn1-c1ccc(Br)cc1-2)NCc1cccnc1. The highest BCUT2D eigenvalue weighted by Gasteiger charge is 2.25. The fourth-order valence-electron chi connectivity index (χ4n) is 3.42. The Hall–Kier alpha value is -3.04. The van der Waals surface area contributed by atoms with Gasteiger partial charge < -0.3 is 5.32 Å². The topological polar surface area (TPSA) is 90.5 Å². The first-order valence-corrected chi connectivity index (χ1v) is 10.4. The van der Waals surface area contributed by atoms with Gasteiger partial charge in [-0.15, -0.1) is 0 Å². The van der Waals surface area contributed by atoms with Crippen LogP contribution < -0.4 is 5.32 Å². The molecule has 0 saturated carbocycles. The number of nitrogens with zero attached hydrogens (tertiary/aromatic N) is 6. The van der Waals surface area contributed by atoms with Crippen molar-refractivity contribution in [3.63, 3.8) is 0 Å². The van der Waals surface area contributed by atoms with Gasteiger partial charge in [0, 0.05) is 29.0 Å². The molecule has 0 radical (unpaired) electrons. The molecule has 0 atom stereocenters. The first-order chi connectivity index (χ1) is 14.6. The Morgan fingerprint density at radius 2 is 2.20 bits per heavy atom. The van der Waals surface area contributed by atoms with Crippen molar-refractivity contribution in [1.82, 2.24) is 34.6 Å². The fraction of sp³-hybridized carbons (Fsp3) is 0.150. The zero-order valence-electron chi connectivity index (χ0n) is 15.6. The molecule has 8 nitrogen and oxygen atoms in total. The number of nitrogens with one attached hydrogen (secondary N) is 1. The Morgan fingerprint density at radius 3 is 3.03 bits per heavy atom. The Labute approximate surface area is 185 Å². The minimum atomic E-state index is -0.155. The molecular weight excluding hydrogens is 470 g/mol. The maximum Gasteiger partial charge on any atom is 0.228 e. The maximum absolute atomic E-state index is 12.4. The fourth-order valence-corrected chi connectivity index (χ4v) is 3.98. The number of imidazole rings is 1. The van der Waals surface area contributed by atoms with E-state index in [4.69, 9.17) is 11.6 Å². The lowest BCUT2D eigenvalue weighted by Gasteiger charge is -2.08. The van der Waals surface area contributed by atoms with Gasteiger partial charge in [0.05, 0.1) is 24.3 Å². The van der Waals surface area contributed by atoms with Gasteiger partial charge >= 0.3 is 0 Å². The van der Waals surface area contributed by atoms with Crippen molar-refractivity contribution in [3.05, 3.63) is 75.8 Å². The summed E-state index contributed by atoms with van der Waals surface area (Å²) in [5, 5.41) is 7.87. The third kappa shape index (κ3) is 3.50. The highest BCUT2D eigenvalue weighted by atomic mass is 79.9. The predicted octanol–water partition coefficient (Wildman–Crippen LogP) is 3.16. The Kier molecular flexibility index (Phi) is 4.84. The van der Waals surface area contributed by atoms with Gasteiger partial charge in [0.2, 0.25) is 5.91 Å². The third-order valence-electron chi connectivity index (χ3n) is 4.82. The first-order valence-electron chi connectivity index (χ1n) is 9.20. The van der Waals surface area contributed by atoms with Crippen LogP contribution in [0.3, 0.4) is 0 Å². The highest BCUT2D eigenvalue weighted by Crippen LogP contribution is 2.34. The van der Waals surface area contributed by atoms with E-state index < -0.39 is 0 Å². The standard InChI is InChI=1S/C20H15BrClN7O/c21-13-3-4-15-14(6-13)20-26-17(7-18(30)24-9-12-2-1-5-23-8-12)27-29(20)10-16-19(22)25-11-28(15)16/h1-6,8,11H,7,9-10H2,(H,24,30). The van der Waals surface area contributed by atoms with E-state index in [0.717, 1.165) is 27.0 Å². The molecule has 0 aliphatic carbocycles. The quantitative estimate of drug-likeness (QED) is 0.423. The van der Waals surface area contributed by atoms with Crippen LogP contribution in [0.15, 0.2) is 53.5 Å². The zero-order valence-corrected chi connectivity index (χ0v) is 17.9. The number of aromatic nitrogens is 6. The van der Waals surface area contributed by atoms with E-state index in [1.807, 2.05) is 34.9 Å². The number of pyridine rings is 1. The lowest BCUT2D eigenvalue weighted by Crippen LogP contribution is -2.25. The Balaban J connectivity index is 1.44. The lowest BCUT2D eigenvalue weighted by molar-refractivity contribution is -0.120. The van der Waals surface area contributed by atoms with E-state index in [1.165, 1.54) is 0 Å². The van der Waals surface area contributed by atoms with E-state index in [9.17, 15) is 4.79 Å². The molecule has 0 fully saturated rings. The van der Waals surface area contributed by atoms with Gasteiger partial charge in [-0.25, -0.2) is 14.6 Å². The van der Waals surface area contributed by atoms with Gasteiger partial charge in [-0.3, -0.25) is 14.3 Å². The summed E-state index contributed by atoms with van der Waals surface area (Å²) in [6, 6.07) is 9.65. The Bertz CT molecular complexity index is 1250. The average molecular weight is 485 g/mol. The van der Waals surface area contributed by atoms with Gasteiger partial charge in [-0.2, -0.15) is 5.10 Å². The van der Waals surface area contributed by atoms with E-state index in [-0.39, 0.29) is 12.3 Å². The molecule has 1 aliphatic rings. The van der Waals surface area contributed by atoms with Crippen molar-refractivity contribution in [2.75, 3.05) is 0 Å². The third-order valence-corrected chi connectivity index (χ3v) is 5.63. The number of hydrogen-bond donors (Lipinski definition) is 1. The van der Waals surface area contributed by atoms with Crippen LogP contribution in [0.25, 0.3) is 17.1 Å². The molecule has 4 heterocycles. The molecule has 0 bridgehead atoms. The summed E-state index contributed by atoms with van der Waals surface area (Å²) < 4.78 is 4.63. The molecule has 1 aliphatic heterocycles. The maximum atomic E-state index is 12.4. The van der Waals surface area contributed by atoms with E-state index in [2.05, 4.69) is 41.3 Å². The van der Waals surface area contributed by atoms with Crippen molar-refractivity contribution in [3.8, 4) is 17.1 Å². The number of rotatable bonds is 4. The summed E-state index contributed by atoms with van der Waals surface area (Å²) in [5.41, 5.74) is 3.54. The normalized spacial score (nSPS) is 11.9. The van der Waals surface area contributed by atoms with Crippen molar-refractivity contribution in [1.29, 1.82) is 0 Å². The molecule has 1 amide bonds. The highest BCUT2D eigenvalue weighted by molar-refractivity contribution is 9.10. The molecular formula is C20H15BrClN7O. The van der Waals surface area contributed by atoms with Gasteiger partial charge in [-0.05, 0) is 29.8 Å². The minimum Gasteiger partial charge on any atom is -0.352 e. The van der Waals surface area contributed by atoms with Crippen LogP contribution in [-0.4, -0.2) is 35.2 Å². The minimum absolute atomic E-state index is 0.0800. The van der Waals surface area contributed by atoms with Crippen LogP contribution in [0.2, 0.25) is 5.15 Å². The van der Waals surface area contributed by atoms with Gasteiger partial charge in [0.1, 0.15) is 6.33 Å². The molecule has 4 aromatic rings. The van der Waals surface area contributed by atoms with Crippen molar-refractivity contribution < 1.29 is 4.79 Å². The summed E-state index contributed by atoms with van der Waals surface area (Å²) in [4.78, 5) is 25.4. The molecule has 5 rings (SSSR count). The molecule has 1 N–H and O–H groups in total. The second-order valence-corrected chi connectivity index (χ2v) is 8.11. The van der Waals surface area contributed by atoms with Gasteiger partial charge in [-0.1, -0.05) is 33.6 Å². The average Bonchev–Trinajstić information content (AvgIpc) is 3.28. The number of fused-ring (bicyclic) bond motifs is 5. The second kappa shape index (κ2) is 7.66. The summed E-state index contributed by atoms with van der Waals surface area (Å²) in [7, 11) is 0. The van der Waals surface area contributed by atoms with Crippen molar-refractivity contribution in [2.45, 2.75) is 19.5 Å². The lowest BCUT2D eigenvalue weighted by atomic mass is 10.1. The summed E-state index contributed by atoms with van der Waals surface area (Å²) in [5.74, 6) is 0.974. The van der Waals surface area contributed by atoms with Gasteiger partial charge in [0.25, 0.3) is 0 Å². The summed E-state index contributed by atoms with van der Waals surface area (Å²) in [6.07, 6.45) is 5.20.